The Balaban J connectivity index is 1.53. The van der Waals surface area contributed by atoms with Crippen LogP contribution in [0.2, 0.25) is 0 Å². The Bertz CT molecular complexity index is 997. The normalized spacial score (nSPS) is 15.3. The summed E-state index contributed by atoms with van der Waals surface area (Å²) in [4.78, 5) is 29.9. The van der Waals surface area contributed by atoms with Crippen molar-refractivity contribution in [1.82, 2.24) is 14.5 Å². The molecule has 0 spiro atoms. The number of hydrogen-bond acceptors (Lipinski definition) is 3. The van der Waals surface area contributed by atoms with Gasteiger partial charge in [-0.2, -0.15) is 0 Å². The smallest absolute Gasteiger partial charge is 0.326 e. The Morgan fingerprint density at radius 2 is 1.77 bits per heavy atom. The van der Waals surface area contributed by atoms with Gasteiger partial charge in [0.2, 0.25) is 0 Å². The van der Waals surface area contributed by atoms with Crippen LogP contribution in [0.5, 0.6) is 5.75 Å². The Hall–Kier alpha value is -3.02. The summed E-state index contributed by atoms with van der Waals surface area (Å²) in [6.45, 7) is 1.24. The SMILES string of the molecule is COc1ccccc1C(=O)N1CCC(n2c(=O)[nH]c3ccccc32)CC1. The molecule has 2 aromatic carbocycles. The third kappa shape index (κ3) is 2.77. The third-order valence-electron chi connectivity index (χ3n) is 5.08. The fourth-order valence-electron chi connectivity index (χ4n) is 3.76. The number of benzene rings is 2. The summed E-state index contributed by atoms with van der Waals surface area (Å²) in [5.74, 6) is 0.569. The summed E-state index contributed by atoms with van der Waals surface area (Å²) in [7, 11) is 1.57. The van der Waals surface area contributed by atoms with Gasteiger partial charge in [0.15, 0.2) is 0 Å². The number of ether oxygens (including phenoxy) is 1. The lowest BCUT2D eigenvalue weighted by molar-refractivity contribution is 0.0691. The highest BCUT2D eigenvalue weighted by atomic mass is 16.5. The first-order valence-corrected chi connectivity index (χ1v) is 8.80. The molecular formula is C20H21N3O3. The van der Waals surface area contributed by atoms with E-state index in [-0.39, 0.29) is 17.6 Å². The second-order valence-electron chi connectivity index (χ2n) is 6.54. The van der Waals surface area contributed by atoms with Gasteiger partial charge in [-0.25, -0.2) is 4.79 Å². The van der Waals surface area contributed by atoms with Crippen molar-refractivity contribution >= 4 is 16.9 Å². The first kappa shape index (κ1) is 16.4. The molecule has 0 aliphatic carbocycles. The van der Waals surface area contributed by atoms with Gasteiger partial charge in [-0.1, -0.05) is 24.3 Å². The van der Waals surface area contributed by atoms with Crippen molar-refractivity contribution in [2.75, 3.05) is 20.2 Å². The van der Waals surface area contributed by atoms with Crippen molar-refractivity contribution in [3.63, 3.8) is 0 Å². The van der Waals surface area contributed by atoms with Crippen LogP contribution in [0.15, 0.2) is 53.3 Å². The fraction of sp³-hybridized carbons (Fsp3) is 0.300. The number of hydrogen-bond donors (Lipinski definition) is 1. The van der Waals surface area contributed by atoms with E-state index in [1.165, 1.54) is 0 Å². The van der Waals surface area contributed by atoms with E-state index in [4.69, 9.17) is 4.74 Å². The summed E-state index contributed by atoms with van der Waals surface area (Å²) < 4.78 is 7.14. The zero-order valence-corrected chi connectivity index (χ0v) is 14.6. The number of aromatic nitrogens is 2. The maximum absolute atomic E-state index is 12.8. The average molecular weight is 351 g/mol. The van der Waals surface area contributed by atoms with Gasteiger partial charge in [0, 0.05) is 19.1 Å². The molecule has 6 heteroatoms. The van der Waals surface area contributed by atoms with Crippen molar-refractivity contribution in [2.24, 2.45) is 0 Å². The molecule has 3 aromatic rings. The molecule has 1 aromatic heterocycles. The minimum absolute atomic E-state index is 0.0211. The molecule has 1 fully saturated rings. The van der Waals surface area contributed by atoms with Gasteiger partial charge in [0.05, 0.1) is 23.7 Å². The highest BCUT2D eigenvalue weighted by Gasteiger charge is 2.27. The van der Waals surface area contributed by atoms with Crippen molar-refractivity contribution in [2.45, 2.75) is 18.9 Å². The van der Waals surface area contributed by atoms with Crippen molar-refractivity contribution in [1.29, 1.82) is 0 Å². The molecule has 0 radical (unpaired) electrons. The predicted octanol–water partition coefficient (Wildman–Crippen LogP) is 2.82. The van der Waals surface area contributed by atoms with Crippen molar-refractivity contribution in [3.8, 4) is 5.75 Å². The Morgan fingerprint density at radius 1 is 1.08 bits per heavy atom. The van der Waals surface area contributed by atoms with Crippen LogP contribution in [0.25, 0.3) is 11.0 Å². The number of nitrogens with one attached hydrogen (secondary N) is 1. The van der Waals surface area contributed by atoms with E-state index < -0.39 is 0 Å². The predicted molar refractivity (Wildman–Crippen MR) is 99.7 cm³/mol. The number of carbonyl (C=O) groups excluding carboxylic acids is 1. The number of para-hydroxylation sites is 3. The lowest BCUT2D eigenvalue weighted by atomic mass is 10.0. The standard InChI is InChI=1S/C20H21N3O3/c1-26-18-9-5-2-6-15(18)19(24)22-12-10-14(11-13-22)23-17-8-4-3-7-16(17)21-20(23)25/h2-9,14H,10-13H2,1H3,(H,21,25). The Morgan fingerprint density at radius 3 is 2.54 bits per heavy atom. The number of rotatable bonds is 3. The van der Waals surface area contributed by atoms with Gasteiger partial charge >= 0.3 is 5.69 Å². The van der Waals surface area contributed by atoms with Gasteiger partial charge < -0.3 is 14.6 Å². The number of carbonyl (C=O) groups is 1. The van der Waals surface area contributed by atoms with Crippen LogP contribution in [0, 0.1) is 0 Å². The zero-order chi connectivity index (χ0) is 18.1. The summed E-state index contributed by atoms with van der Waals surface area (Å²) in [6, 6.07) is 15.1. The molecule has 1 amide bonds. The maximum atomic E-state index is 12.8. The lowest BCUT2D eigenvalue weighted by Crippen LogP contribution is -2.40. The average Bonchev–Trinajstić information content (AvgIpc) is 3.03. The van der Waals surface area contributed by atoms with E-state index in [0.29, 0.717) is 24.4 Å². The molecule has 1 aliphatic heterocycles. The van der Waals surface area contributed by atoms with Crippen LogP contribution in [0.4, 0.5) is 0 Å². The van der Waals surface area contributed by atoms with E-state index in [9.17, 15) is 9.59 Å². The number of methoxy groups -OCH3 is 1. The molecule has 0 atom stereocenters. The number of likely N-dealkylation sites (tertiary alicyclic amines) is 1. The molecule has 1 saturated heterocycles. The first-order valence-electron chi connectivity index (χ1n) is 8.80. The van der Waals surface area contributed by atoms with Crippen LogP contribution in [0.3, 0.4) is 0 Å². The second kappa shape index (κ2) is 6.71. The molecule has 1 N–H and O–H groups in total. The van der Waals surface area contributed by atoms with Gasteiger partial charge in [0.25, 0.3) is 5.91 Å². The summed E-state index contributed by atoms with van der Waals surface area (Å²) >= 11 is 0. The molecule has 134 valence electrons. The molecule has 4 rings (SSSR count). The topological polar surface area (TPSA) is 67.3 Å². The summed E-state index contributed by atoms with van der Waals surface area (Å²) in [6.07, 6.45) is 1.51. The van der Waals surface area contributed by atoms with E-state index in [0.717, 1.165) is 23.9 Å². The van der Waals surface area contributed by atoms with Crippen LogP contribution < -0.4 is 10.4 Å². The molecule has 26 heavy (non-hydrogen) atoms. The highest BCUT2D eigenvalue weighted by molar-refractivity contribution is 5.97. The van der Waals surface area contributed by atoms with E-state index in [2.05, 4.69) is 4.98 Å². The molecule has 0 bridgehead atoms. The highest BCUT2D eigenvalue weighted by Crippen LogP contribution is 2.27. The van der Waals surface area contributed by atoms with Gasteiger partial charge in [-0.3, -0.25) is 9.36 Å². The monoisotopic (exact) mass is 351 g/mol. The lowest BCUT2D eigenvalue weighted by Gasteiger charge is -2.32. The molecule has 0 saturated carbocycles. The molecule has 1 aliphatic rings. The molecule has 2 heterocycles. The molecular weight excluding hydrogens is 330 g/mol. The van der Waals surface area contributed by atoms with Crippen LogP contribution in [0.1, 0.15) is 29.2 Å². The number of nitrogens with zero attached hydrogens (tertiary/aromatic N) is 2. The largest absolute Gasteiger partial charge is 0.496 e. The minimum Gasteiger partial charge on any atom is -0.496 e. The summed E-state index contributed by atoms with van der Waals surface area (Å²) in [5, 5.41) is 0. The zero-order valence-electron chi connectivity index (χ0n) is 14.6. The van der Waals surface area contributed by atoms with Crippen molar-refractivity contribution in [3.05, 3.63) is 64.6 Å². The number of H-pyrrole nitrogens is 1. The third-order valence-corrected chi connectivity index (χ3v) is 5.08. The Kier molecular flexibility index (Phi) is 4.24. The summed E-state index contributed by atoms with van der Waals surface area (Å²) in [5.41, 5.74) is 2.27. The molecule has 6 nitrogen and oxygen atoms in total. The number of aromatic amines is 1. The Labute approximate surface area is 151 Å². The van der Waals surface area contributed by atoms with E-state index >= 15 is 0 Å². The van der Waals surface area contributed by atoms with Crippen LogP contribution in [-0.4, -0.2) is 40.6 Å². The number of amides is 1. The minimum atomic E-state index is -0.0827. The van der Waals surface area contributed by atoms with Gasteiger partial charge in [-0.15, -0.1) is 0 Å². The van der Waals surface area contributed by atoms with E-state index in [1.807, 2.05) is 45.9 Å². The van der Waals surface area contributed by atoms with Gasteiger partial charge in [-0.05, 0) is 37.1 Å². The number of imidazole rings is 1. The van der Waals surface area contributed by atoms with E-state index in [1.54, 1.807) is 19.2 Å². The number of piperidine rings is 1. The van der Waals surface area contributed by atoms with Crippen LogP contribution in [-0.2, 0) is 0 Å². The van der Waals surface area contributed by atoms with Crippen LogP contribution >= 0.6 is 0 Å². The number of fused-ring (bicyclic) bond motifs is 1. The second-order valence-corrected chi connectivity index (χ2v) is 6.54. The van der Waals surface area contributed by atoms with Crippen molar-refractivity contribution < 1.29 is 9.53 Å². The first-order chi connectivity index (χ1) is 12.7. The molecule has 0 unspecified atom stereocenters. The van der Waals surface area contributed by atoms with Gasteiger partial charge in [0.1, 0.15) is 5.75 Å². The fourth-order valence-corrected chi connectivity index (χ4v) is 3.76. The maximum Gasteiger partial charge on any atom is 0.326 e. The quantitative estimate of drug-likeness (QED) is 0.789.